The third-order valence-corrected chi connectivity index (χ3v) is 5.37. The van der Waals surface area contributed by atoms with Crippen molar-refractivity contribution in [3.05, 3.63) is 95.2 Å². The molecule has 6 nitrogen and oxygen atoms in total. The number of para-hydroxylation sites is 1. The van der Waals surface area contributed by atoms with Crippen molar-refractivity contribution in [2.75, 3.05) is 7.11 Å². The van der Waals surface area contributed by atoms with Crippen LogP contribution in [0.2, 0.25) is 0 Å². The normalized spacial score (nSPS) is 11.1. The Morgan fingerprint density at radius 2 is 1.74 bits per heavy atom. The van der Waals surface area contributed by atoms with Crippen molar-refractivity contribution in [3.63, 3.8) is 0 Å². The highest BCUT2D eigenvalue weighted by Crippen LogP contribution is 2.31. The highest BCUT2D eigenvalue weighted by Gasteiger charge is 2.14. The van der Waals surface area contributed by atoms with E-state index in [4.69, 9.17) is 9.72 Å². The topological polar surface area (TPSA) is 69.9 Å². The molecule has 0 saturated carbocycles. The molecule has 0 aliphatic heterocycles. The van der Waals surface area contributed by atoms with Crippen LogP contribution in [0, 0.1) is 0 Å². The van der Waals surface area contributed by atoms with Crippen LogP contribution < -0.4 is 10.3 Å². The van der Waals surface area contributed by atoms with Crippen molar-refractivity contribution in [2.45, 2.75) is 13.0 Å². The summed E-state index contributed by atoms with van der Waals surface area (Å²) in [6.07, 6.45) is 4.02. The van der Waals surface area contributed by atoms with Gasteiger partial charge in [0.25, 0.3) is 5.56 Å². The first-order valence-corrected chi connectivity index (χ1v) is 10.1. The average molecular weight is 408 g/mol. The maximum absolute atomic E-state index is 13.4. The van der Waals surface area contributed by atoms with Crippen molar-refractivity contribution in [3.8, 4) is 17.0 Å². The second-order valence-electron chi connectivity index (χ2n) is 7.25. The molecule has 5 rings (SSSR count). The molecule has 6 heteroatoms. The summed E-state index contributed by atoms with van der Waals surface area (Å²) in [6, 6.07) is 21.5. The molecular weight excluding hydrogens is 388 g/mol. The molecular formula is C25H20N4O2. The zero-order valence-electron chi connectivity index (χ0n) is 17.0. The summed E-state index contributed by atoms with van der Waals surface area (Å²) in [6.45, 7) is 0.443. The van der Waals surface area contributed by atoms with Gasteiger partial charge in [-0.3, -0.25) is 9.78 Å². The molecule has 0 unspecified atom stereocenters. The Hall–Kier alpha value is -4.06. The molecule has 0 radical (unpaired) electrons. The van der Waals surface area contributed by atoms with Crippen LogP contribution >= 0.6 is 0 Å². The van der Waals surface area contributed by atoms with Crippen LogP contribution in [-0.4, -0.2) is 26.9 Å². The summed E-state index contributed by atoms with van der Waals surface area (Å²) in [5.74, 6) is 0.484. The molecule has 5 aromatic rings. The van der Waals surface area contributed by atoms with Gasteiger partial charge >= 0.3 is 0 Å². The summed E-state index contributed by atoms with van der Waals surface area (Å²) < 4.78 is 6.92. The summed E-state index contributed by atoms with van der Waals surface area (Å²) in [5, 5.41) is 6.88. The molecule has 152 valence electrons. The fourth-order valence-corrected chi connectivity index (χ4v) is 3.84. The minimum Gasteiger partial charge on any atom is -0.481 e. The summed E-state index contributed by atoms with van der Waals surface area (Å²) in [5.41, 5.74) is 3.30. The lowest BCUT2D eigenvalue weighted by Crippen LogP contribution is -2.24. The van der Waals surface area contributed by atoms with E-state index < -0.39 is 0 Å². The second kappa shape index (κ2) is 7.99. The van der Waals surface area contributed by atoms with Gasteiger partial charge in [0.15, 0.2) is 0 Å². The van der Waals surface area contributed by atoms with Crippen LogP contribution in [0.1, 0.15) is 5.69 Å². The zero-order chi connectivity index (χ0) is 21.2. The minimum atomic E-state index is -0.139. The van der Waals surface area contributed by atoms with Crippen LogP contribution in [0.15, 0.2) is 83.9 Å². The second-order valence-corrected chi connectivity index (χ2v) is 7.25. The molecule has 0 spiro atoms. The van der Waals surface area contributed by atoms with E-state index in [9.17, 15) is 4.79 Å². The first kappa shape index (κ1) is 18.9. The van der Waals surface area contributed by atoms with Crippen LogP contribution in [-0.2, 0) is 13.0 Å². The van der Waals surface area contributed by atoms with E-state index >= 15 is 0 Å². The highest BCUT2D eigenvalue weighted by molar-refractivity contribution is 5.96. The molecule has 3 heterocycles. The van der Waals surface area contributed by atoms with Gasteiger partial charge in [-0.1, -0.05) is 42.5 Å². The number of pyridine rings is 2. The Bertz CT molecular complexity index is 1460. The summed E-state index contributed by atoms with van der Waals surface area (Å²) in [7, 11) is 1.58. The number of ether oxygens (including phenoxy) is 1. The standard InChI is InChI=1S/C25H20N4O2/c1-31-24-21(9-5-14-26-24)20-8-4-7-18-16-27-29(25(30)23(18)20)15-13-19-12-11-17-6-2-3-10-22(17)28-19/h2-12,14,16H,13,15H2,1H3. The van der Waals surface area contributed by atoms with E-state index in [0.29, 0.717) is 24.2 Å². The molecule has 0 bridgehead atoms. The van der Waals surface area contributed by atoms with Gasteiger partial charge in [-0.2, -0.15) is 5.10 Å². The quantitative estimate of drug-likeness (QED) is 0.435. The lowest BCUT2D eigenvalue weighted by molar-refractivity contribution is 0.400. The fourth-order valence-electron chi connectivity index (χ4n) is 3.84. The lowest BCUT2D eigenvalue weighted by atomic mass is 10.0. The number of benzene rings is 2. The Labute approximate surface area is 178 Å². The largest absolute Gasteiger partial charge is 0.481 e. The molecule has 0 aliphatic carbocycles. The smallest absolute Gasteiger partial charge is 0.275 e. The van der Waals surface area contributed by atoms with E-state index in [1.807, 2.05) is 60.7 Å². The molecule has 3 aromatic heterocycles. The molecule has 0 saturated heterocycles. The van der Waals surface area contributed by atoms with E-state index in [-0.39, 0.29) is 5.56 Å². The third-order valence-electron chi connectivity index (χ3n) is 5.37. The molecule has 2 aromatic carbocycles. The summed E-state index contributed by atoms with van der Waals surface area (Å²) in [4.78, 5) is 22.4. The van der Waals surface area contributed by atoms with Crippen molar-refractivity contribution in [2.24, 2.45) is 0 Å². The number of nitrogens with zero attached hydrogens (tertiary/aromatic N) is 4. The maximum atomic E-state index is 13.4. The predicted octanol–water partition coefficient (Wildman–Crippen LogP) is 4.26. The fraction of sp³-hybridized carbons (Fsp3) is 0.120. The molecule has 31 heavy (non-hydrogen) atoms. The Morgan fingerprint density at radius 1 is 0.903 bits per heavy atom. The maximum Gasteiger partial charge on any atom is 0.275 e. The molecule has 0 N–H and O–H groups in total. The zero-order valence-corrected chi connectivity index (χ0v) is 17.0. The van der Waals surface area contributed by atoms with Crippen molar-refractivity contribution < 1.29 is 4.74 Å². The molecule has 0 aliphatic rings. The van der Waals surface area contributed by atoms with Crippen molar-refractivity contribution in [1.29, 1.82) is 0 Å². The van der Waals surface area contributed by atoms with Crippen LogP contribution in [0.4, 0.5) is 0 Å². The Balaban J connectivity index is 1.54. The number of aromatic nitrogens is 4. The van der Waals surface area contributed by atoms with Gasteiger partial charge in [-0.05, 0) is 24.3 Å². The molecule has 0 atom stereocenters. The first-order chi connectivity index (χ1) is 15.2. The van der Waals surface area contributed by atoms with Crippen LogP contribution in [0.5, 0.6) is 5.88 Å². The number of methoxy groups -OCH3 is 1. The molecule has 0 fully saturated rings. The van der Waals surface area contributed by atoms with E-state index in [0.717, 1.165) is 33.1 Å². The van der Waals surface area contributed by atoms with Crippen molar-refractivity contribution in [1.82, 2.24) is 19.7 Å². The van der Waals surface area contributed by atoms with Gasteiger partial charge in [0.05, 0.1) is 30.8 Å². The van der Waals surface area contributed by atoms with E-state index in [1.165, 1.54) is 4.68 Å². The Kier molecular flexibility index (Phi) is 4.88. The predicted molar refractivity (Wildman–Crippen MR) is 121 cm³/mol. The average Bonchev–Trinajstić information content (AvgIpc) is 2.83. The van der Waals surface area contributed by atoms with Gasteiger partial charge < -0.3 is 4.74 Å². The number of rotatable bonds is 5. The SMILES string of the molecule is COc1ncccc1-c1cccc2cnn(CCc3ccc4ccccc4n3)c(=O)c12. The van der Waals surface area contributed by atoms with Gasteiger partial charge in [0, 0.05) is 40.2 Å². The van der Waals surface area contributed by atoms with Crippen LogP contribution in [0.3, 0.4) is 0 Å². The number of fused-ring (bicyclic) bond motifs is 2. The number of hydrogen-bond acceptors (Lipinski definition) is 5. The summed E-state index contributed by atoms with van der Waals surface area (Å²) >= 11 is 0. The monoisotopic (exact) mass is 408 g/mol. The lowest BCUT2D eigenvalue weighted by Gasteiger charge is -2.11. The highest BCUT2D eigenvalue weighted by atomic mass is 16.5. The van der Waals surface area contributed by atoms with Crippen molar-refractivity contribution >= 4 is 21.7 Å². The first-order valence-electron chi connectivity index (χ1n) is 10.1. The van der Waals surface area contributed by atoms with Gasteiger partial charge in [-0.15, -0.1) is 0 Å². The van der Waals surface area contributed by atoms with Gasteiger partial charge in [-0.25, -0.2) is 9.67 Å². The van der Waals surface area contributed by atoms with Gasteiger partial charge in [0.2, 0.25) is 5.88 Å². The minimum absolute atomic E-state index is 0.139. The van der Waals surface area contributed by atoms with Gasteiger partial charge in [0.1, 0.15) is 0 Å². The Morgan fingerprint density at radius 3 is 2.65 bits per heavy atom. The van der Waals surface area contributed by atoms with E-state index in [2.05, 4.69) is 16.1 Å². The van der Waals surface area contributed by atoms with Crippen LogP contribution in [0.25, 0.3) is 32.8 Å². The third kappa shape index (κ3) is 3.53. The van der Waals surface area contributed by atoms with E-state index in [1.54, 1.807) is 19.5 Å². The molecule has 0 amide bonds. The number of aryl methyl sites for hydroxylation is 2. The number of hydrogen-bond donors (Lipinski definition) is 0.